The van der Waals surface area contributed by atoms with Crippen LogP contribution in [-0.4, -0.2) is 22.7 Å². The average molecular weight is 258 g/mol. The van der Waals surface area contributed by atoms with Gasteiger partial charge in [-0.25, -0.2) is 4.98 Å². The summed E-state index contributed by atoms with van der Waals surface area (Å²) >= 11 is 0. The molecule has 1 aromatic heterocycles. The van der Waals surface area contributed by atoms with Crippen molar-refractivity contribution in [2.75, 3.05) is 6.61 Å². The fourth-order valence-corrected chi connectivity index (χ4v) is 2.07. The zero-order chi connectivity index (χ0) is 13.7. The number of nitrogens with zero attached hydrogens (tertiary/aromatic N) is 2. The van der Waals surface area contributed by atoms with Crippen LogP contribution in [0.2, 0.25) is 0 Å². The van der Waals surface area contributed by atoms with Crippen molar-refractivity contribution in [1.29, 1.82) is 5.26 Å². The third-order valence-corrected chi connectivity index (χ3v) is 3.30. The highest BCUT2D eigenvalue weighted by molar-refractivity contribution is 5.75. The summed E-state index contributed by atoms with van der Waals surface area (Å²) in [5.41, 5.74) is -0.603. The molecule has 5 nitrogen and oxygen atoms in total. The van der Waals surface area contributed by atoms with E-state index in [2.05, 4.69) is 4.98 Å². The smallest absolute Gasteiger partial charge is 0.313 e. The molecule has 1 heterocycles. The van der Waals surface area contributed by atoms with Gasteiger partial charge in [0, 0.05) is 6.20 Å². The number of nitriles is 1. The minimum absolute atomic E-state index is 0.0262. The van der Waals surface area contributed by atoms with Crippen LogP contribution in [-0.2, 0) is 4.79 Å². The predicted octanol–water partition coefficient (Wildman–Crippen LogP) is 2.14. The van der Waals surface area contributed by atoms with E-state index in [9.17, 15) is 9.90 Å². The Morgan fingerprint density at radius 1 is 1.58 bits per heavy atom. The summed E-state index contributed by atoms with van der Waals surface area (Å²) in [5, 5.41) is 18.3. The Hall–Kier alpha value is -2.35. The molecule has 0 saturated heterocycles. The lowest BCUT2D eigenvalue weighted by Crippen LogP contribution is -2.38. The van der Waals surface area contributed by atoms with Crippen LogP contribution in [0.3, 0.4) is 0 Å². The molecule has 1 N–H and O–H groups in total. The van der Waals surface area contributed by atoms with Gasteiger partial charge in [-0.3, -0.25) is 4.79 Å². The molecule has 0 amide bonds. The molecule has 1 aromatic rings. The topological polar surface area (TPSA) is 83.2 Å². The van der Waals surface area contributed by atoms with Crippen LogP contribution in [0.1, 0.15) is 24.8 Å². The van der Waals surface area contributed by atoms with Crippen LogP contribution >= 0.6 is 0 Å². The number of allylic oxidation sites excluding steroid dienone is 2. The summed E-state index contributed by atoms with van der Waals surface area (Å²) in [6.45, 7) is 0.0262. The van der Waals surface area contributed by atoms with Gasteiger partial charge < -0.3 is 9.84 Å². The molecule has 0 fully saturated rings. The molecule has 19 heavy (non-hydrogen) atoms. The average Bonchev–Trinajstić information content (AvgIpc) is 2.46. The number of aliphatic carboxylic acids is 1. The zero-order valence-electron chi connectivity index (χ0n) is 10.4. The van der Waals surface area contributed by atoms with Gasteiger partial charge in [0.15, 0.2) is 0 Å². The predicted molar refractivity (Wildman–Crippen MR) is 67.5 cm³/mol. The highest BCUT2D eigenvalue weighted by atomic mass is 16.5. The molecule has 0 saturated carbocycles. The van der Waals surface area contributed by atoms with Gasteiger partial charge >= 0.3 is 5.97 Å². The SMILES string of the molecule is N#Cc1cccnc1OCC1(C(=O)O)CC=CCC1. The van der Waals surface area contributed by atoms with Crippen LogP contribution in [0.25, 0.3) is 0 Å². The Kier molecular flexibility index (Phi) is 3.81. The molecule has 1 aliphatic carbocycles. The Balaban J connectivity index is 2.14. The minimum Gasteiger partial charge on any atom is -0.481 e. The summed E-state index contributed by atoms with van der Waals surface area (Å²) in [4.78, 5) is 15.4. The summed E-state index contributed by atoms with van der Waals surface area (Å²) in [7, 11) is 0. The number of hydrogen-bond acceptors (Lipinski definition) is 4. The van der Waals surface area contributed by atoms with Crippen molar-refractivity contribution in [3.05, 3.63) is 36.0 Å². The van der Waals surface area contributed by atoms with E-state index in [0.29, 0.717) is 18.4 Å². The highest BCUT2D eigenvalue weighted by Crippen LogP contribution is 2.34. The molecule has 1 aliphatic rings. The van der Waals surface area contributed by atoms with E-state index in [1.165, 1.54) is 6.20 Å². The lowest BCUT2D eigenvalue weighted by molar-refractivity contribution is -0.151. The molecule has 2 rings (SSSR count). The first kappa shape index (κ1) is 13.1. The van der Waals surface area contributed by atoms with Crippen LogP contribution < -0.4 is 4.74 Å². The van der Waals surface area contributed by atoms with E-state index in [1.807, 2.05) is 18.2 Å². The number of carboxylic acid groups (broad SMARTS) is 1. The van der Waals surface area contributed by atoms with Crippen LogP contribution in [0, 0.1) is 16.7 Å². The molecular formula is C14H14N2O3. The van der Waals surface area contributed by atoms with Crippen molar-refractivity contribution < 1.29 is 14.6 Å². The third kappa shape index (κ3) is 2.74. The van der Waals surface area contributed by atoms with Crippen molar-refractivity contribution in [2.24, 2.45) is 5.41 Å². The minimum atomic E-state index is -0.918. The van der Waals surface area contributed by atoms with Gasteiger partial charge in [0.2, 0.25) is 5.88 Å². The first-order chi connectivity index (χ1) is 9.18. The fraction of sp³-hybridized carbons (Fsp3) is 0.357. The summed E-state index contributed by atoms with van der Waals surface area (Å²) in [5.74, 6) is -0.675. The maximum absolute atomic E-state index is 11.5. The van der Waals surface area contributed by atoms with Crippen LogP contribution in [0.4, 0.5) is 0 Å². The standard InChI is InChI=1S/C14H14N2O3/c15-9-11-5-4-8-16-12(11)19-10-14(13(17)18)6-2-1-3-7-14/h1-2,4-5,8H,3,6-7,10H2,(H,17,18). The molecule has 0 aliphatic heterocycles. The lowest BCUT2D eigenvalue weighted by Gasteiger charge is -2.29. The van der Waals surface area contributed by atoms with Crippen molar-refractivity contribution >= 4 is 5.97 Å². The van der Waals surface area contributed by atoms with Crippen LogP contribution in [0.5, 0.6) is 5.88 Å². The van der Waals surface area contributed by atoms with E-state index in [1.54, 1.807) is 12.1 Å². The van der Waals surface area contributed by atoms with Gasteiger partial charge in [0.1, 0.15) is 23.7 Å². The first-order valence-corrected chi connectivity index (χ1v) is 6.04. The molecular weight excluding hydrogens is 244 g/mol. The van der Waals surface area contributed by atoms with E-state index in [-0.39, 0.29) is 12.5 Å². The van der Waals surface area contributed by atoms with Gasteiger partial charge in [0.05, 0.1) is 0 Å². The molecule has 0 radical (unpaired) electrons. The Labute approximate surface area is 111 Å². The maximum atomic E-state index is 11.5. The highest BCUT2D eigenvalue weighted by Gasteiger charge is 2.39. The Morgan fingerprint density at radius 3 is 3.05 bits per heavy atom. The maximum Gasteiger partial charge on any atom is 0.313 e. The normalized spacial score (nSPS) is 21.6. The van der Waals surface area contributed by atoms with E-state index >= 15 is 0 Å². The zero-order valence-corrected chi connectivity index (χ0v) is 10.4. The van der Waals surface area contributed by atoms with Gasteiger partial charge in [-0.2, -0.15) is 5.26 Å². The third-order valence-electron chi connectivity index (χ3n) is 3.30. The van der Waals surface area contributed by atoms with E-state index in [0.717, 1.165) is 6.42 Å². The summed E-state index contributed by atoms with van der Waals surface area (Å²) in [6, 6.07) is 5.21. The van der Waals surface area contributed by atoms with Gasteiger partial charge in [-0.1, -0.05) is 12.2 Å². The van der Waals surface area contributed by atoms with Gasteiger partial charge in [0.25, 0.3) is 0 Å². The fourth-order valence-electron chi connectivity index (χ4n) is 2.07. The number of carbonyl (C=O) groups is 1. The van der Waals surface area contributed by atoms with E-state index < -0.39 is 11.4 Å². The second-order valence-corrected chi connectivity index (χ2v) is 4.56. The van der Waals surface area contributed by atoms with Gasteiger partial charge in [-0.15, -0.1) is 0 Å². The number of hydrogen-bond donors (Lipinski definition) is 1. The number of ether oxygens (including phenoxy) is 1. The first-order valence-electron chi connectivity index (χ1n) is 6.04. The quantitative estimate of drug-likeness (QED) is 0.836. The summed E-state index contributed by atoms with van der Waals surface area (Å²) < 4.78 is 5.48. The molecule has 1 unspecified atom stereocenters. The monoisotopic (exact) mass is 258 g/mol. The number of rotatable bonds is 4. The number of aromatic nitrogens is 1. The number of carboxylic acids is 1. The number of pyridine rings is 1. The Morgan fingerprint density at radius 2 is 2.42 bits per heavy atom. The lowest BCUT2D eigenvalue weighted by atomic mass is 9.78. The van der Waals surface area contributed by atoms with Crippen molar-refractivity contribution in [2.45, 2.75) is 19.3 Å². The molecule has 98 valence electrons. The van der Waals surface area contributed by atoms with Crippen molar-refractivity contribution in [3.8, 4) is 11.9 Å². The largest absolute Gasteiger partial charge is 0.481 e. The Bertz CT molecular complexity index is 548. The summed E-state index contributed by atoms with van der Waals surface area (Å²) in [6.07, 6.45) is 7.06. The van der Waals surface area contributed by atoms with Crippen molar-refractivity contribution in [1.82, 2.24) is 4.98 Å². The molecule has 1 atom stereocenters. The molecule has 0 bridgehead atoms. The van der Waals surface area contributed by atoms with Gasteiger partial charge in [-0.05, 0) is 31.4 Å². The molecule has 5 heteroatoms. The van der Waals surface area contributed by atoms with E-state index in [4.69, 9.17) is 10.00 Å². The van der Waals surface area contributed by atoms with Crippen LogP contribution in [0.15, 0.2) is 30.5 Å². The van der Waals surface area contributed by atoms with Crippen molar-refractivity contribution in [3.63, 3.8) is 0 Å². The molecule has 0 spiro atoms. The second kappa shape index (κ2) is 5.53. The molecule has 0 aromatic carbocycles. The second-order valence-electron chi connectivity index (χ2n) is 4.56.